The van der Waals surface area contributed by atoms with Crippen molar-refractivity contribution in [3.05, 3.63) is 48.2 Å². The molecule has 0 aliphatic carbocycles. The van der Waals surface area contributed by atoms with Crippen molar-refractivity contribution in [1.29, 1.82) is 0 Å². The van der Waals surface area contributed by atoms with E-state index in [4.69, 9.17) is 4.18 Å². The van der Waals surface area contributed by atoms with Crippen LogP contribution in [0, 0.1) is 0 Å². The number of H-pyrrole nitrogens is 1. The Morgan fingerprint density at radius 1 is 1.21 bits per heavy atom. The van der Waals surface area contributed by atoms with Crippen LogP contribution in [-0.2, 0) is 6.54 Å². The number of aromatic nitrogens is 2. The minimum atomic E-state index is 0.820. The molecule has 0 spiro atoms. The van der Waals surface area contributed by atoms with E-state index < -0.39 is 0 Å². The summed E-state index contributed by atoms with van der Waals surface area (Å²) in [5, 5.41) is 8.17. The lowest BCUT2D eigenvalue weighted by atomic mass is 10.0. The molecule has 19 heavy (non-hydrogen) atoms. The molecule has 1 aliphatic rings. The Labute approximate surface area is 114 Å². The third kappa shape index (κ3) is 1.78. The van der Waals surface area contributed by atoms with Crippen LogP contribution in [0.25, 0.3) is 22.0 Å². The molecule has 0 fully saturated rings. The van der Waals surface area contributed by atoms with Crippen LogP contribution >= 0.6 is 12.2 Å². The van der Waals surface area contributed by atoms with Crippen molar-refractivity contribution in [1.82, 2.24) is 14.9 Å². The Morgan fingerprint density at radius 2 is 2.21 bits per heavy atom. The minimum Gasteiger partial charge on any atom is -0.409 e. The molecule has 3 aromatic rings. The Hall–Kier alpha value is -1.98. The zero-order valence-corrected chi connectivity index (χ0v) is 10.8. The Balaban J connectivity index is 1.91. The third-order valence-electron chi connectivity index (χ3n) is 3.30. The van der Waals surface area contributed by atoms with Gasteiger partial charge in [-0.2, -0.15) is 5.10 Å². The first-order chi connectivity index (χ1) is 9.42. The monoisotopic (exact) mass is 269 g/mol. The van der Waals surface area contributed by atoms with E-state index in [2.05, 4.69) is 51.3 Å². The summed E-state index contributed by atoms with van der Waals surface area (Å²) in [5.74, 6) is 0.949. The zero-order valence-electron chi connectivity index (χ0n) is 10.0. The van der Waals surface area contributed by atoms with Crippen LogP contribution < -0.4 is 8.91 Å². The van der Waals surface area contributed by atoms with Crippen LogP contribution in [0.3, 0.4) is 0 Å². The average molecular weight is 269 g/mol. The molecule has 2 N–H and O–H groups in total. The number of fused-ring (bicyclic) bond motifs is 2. The van der Waals surface area contributed by atoms with Gasteiger partial charge in [-0.3, -0.25) is 5.10 Å². The maximum Gasteiger partial charge on any atom is 0.151 e. The fraction of sp³-hybridized carbons (Fsp3) is 0.0714. The fourth-order valence-electron chi connectivity index (χ4n) is 2.33. The van der Waals surface area contributed by atoms with Crippen molar-refractivity contribution in [3.8, 4) is 16.9 Å². The van der Waals surface area contributed by atoms with Crippen molar-refractivity contribution in [2.45, 2.75) is 6.54 Å². The highest BCUT2D eigenvalue weighted by molar-refractivity contribution is 7.93. The molecule has 0 unspecified atom stereocenters. The summed E-state index contributed by atoms with van der Waals surface area (Å²) in [6.07, 6.45) is 1.83. The predicted octanol–water partition coefficient (Wildman–Crippen LogP) is 3.28. The van der Waals surface area contributed by atoms with Gasteiger partial charge < -0.3 is 4.18 Å². The van der Waals surface area contributed by atoms with E-state index in [0.717, 1.165) is 34.3 Å². The maximum absolute atomic E-state index is 5.68. The van der Waals surface area contributed by atoms with E-state index in [1.807, 2.05) is 6.20 Å². The molecule has 0 radical (unpaired) electrons. The van der Waals surface area contributed by atoms with Gasteiger partial charge in [0.1, 0.15) is 12.2 Å². The van der Waals surface area contributed by atoms with E-state index in [1.54, 1.807) is 0 Å². The normalized spacial score (nSPS) is 14.1. The first-order valence-electron chi connectivity index (χ1n) is 6.03. The standard InChI is InChI=1S/C14H11N3OS/c1-2-11-8-16-19-18-14(11)12(3-1)9-4-5-10-7-15-17-13(10)6-9/h1-7,16H,8H2,(H,15,17). The summed E-state index contributed by atoms with van der Waals surface area (Å²) in [5.41, 5.74) is 4.47. The van der Waals surface area contributed by atoms with Gasteiger partial charge >= 0.3 is 0 Å². The quantitative estimate of drug-likeness (QED) is 0.526. The second-order valence-electron chi connectivity index (χ2n) is 4.45. The summed E-state index contributed by atoms with van der Waals surface area (Å²) in [6, 6.07) is 12.5. The molecule has 2 aromatic carbocycles. The summed E-state index contributed by atoms with van der Waals surface area (Å²) in [7, 11) is 0. The second-order valence-corrected chi connectivity index (χ2v) is 5.08. The lowest BCUT2D eigenvalue weighted by Crippen LogP contribution is -2.12. The SMILES string of the molecule is c1cc2c(c(-c3ccc4cn[nH]c4c3)c1)OSNC2. The number of benzene rings is 2. The number of hydrogen-bond donors (Lipinski definition) is 2. The third-order valence-corrected chi connectivity index (χ3v) is 3.81. The molecule has 4 rings (SSSR count). The summed E-state index contributed by atoms with van der Waals surface area (Å²) < 4.78 is 8.81. The summed E-state index contributed by atoms with van der Waals surface area (Å²) >= 11 is 1.28. The topological polar surface area (TPSA) is 49.9 Å². The van der Waals surface area contributed by atoms with Crippen molar-refractivity contribution in [2.24, 2.45) is 0 Å². The molecule has 1 aliphatic heterocycles. The van der Waals surface area contributed by atoms with Crippen LogP contribution in [-0.4, -0.2) is 10.2 Å². The van der Waals surface area contributed by atoms with Gasteiger partial charge in [0.2, 0.25) is 0 Å². The van der Waals surface area contributed by atoms with Crippen molar-refractivity contribution >= 4 is 23.1 Å². The number of nitrogens with zero attached hydrogens (tertiary/aromatic N) is 1. The number of nitrogens with one attached hydrogen (secondary N) is 2. The largest absolute Gasteiger partial charge is 0.409 e. The first-order valence-corrected chi connectivity index (χ1v) is 6.78. The smallest absolute Gasteiger partial charge is 0.151 e. The van der Waals surface area contributed by atoms with Gasteiger partial charge in [0.05, 0.1) is 11.7 Å². The van der Waals surface area contributed by atoms with Gasteiger partial charge in [-0.1, -0.05) is 30.3 Å². The Kier molecular flexibility index (Phi) is 2.46. The highest BCUT2D eigenvalue weighted by Gasteiger charge is 2.16. The molecular weight excluding hydrogens is 258 g/mol. The molecule has 0 bridgehead atoms. The minimum absolute atomic E-state index is 0.820. The van der Waals surface area contributed by atoms with Gasteiger partial charge in [0.25, 0.3) is 0 Å². The van der Waals surface area contributed by atoms with Gasteiger partial charge in [0.15, 0.2) is 5.75 Å². The Morgan fingerprint density at radius 3 is 3.21 bits per heavy atom. The van der Waals surface area contributed by atoms with Crippen LogP contribution in [0.1, 0.15) is 5.56 Å². The molecule has 5 heteroatoms. The lowest BCUT2D eigenvalue weighted by Gasteiger charge is -2.19. The lowest BCUT2D eigenvalue weighted by molar-refractivity contribution is 0.602. The van der Waals surface area contributed by atoms with Gasteiger partial charge in [-0.25, -0.2) is 4.72 Å². The van der Waals surface area contributed by atoms with Crippen molar-refractivity contribution in [2.75, 3.05) is 0 Å². The highest BCUT2D eigenvalue weighted by atomic mass is 32.2. The maximum atomic E-state index is 5.68. The number of aromatic amines is 1. The van der Waals surface area contributed by atoms with Gasteiger partial charge in [-0.15, -0.1) is 0 Å². The zero-order chi connectivity index (χ0) is 12.7. The summed E-state index contributed by atoms with van der Waals surface area (Å²) in [4.78, 5) is 0. The van der Waals surface area contributed by atoms with Gasteiger partial charge in [-0.05, 0) is 11.6 Å². The molecule has 0 amide bonds. The molecule has 2 heterocycles. The number of hydrogen-bond acceptors (Lipinski definition) is 4. The molecule has 94 valence electrons. The van der Waals surface area contributed by atoms with Crippen molar-refractivity contribution in [3.63, 3.8) is 0 Å². The van der Waals surface area contributed by atoms with Crippen LogP contribution in [0.2, 0.25) is 0 Å². The predicted molar refractivity (Wildman–Crippen MR) is 76.6 cm³/mol. The van der Waals surface area contributed by atoms with E-state index in [-0.39, 0.29) is 0 Å². The highest BCUT2D eigenvalue weighted by Crippen LogP contribution is 2.37. The summed E-state index contributed by atoms with van der Waals surface area (Å²) in [6.45, 7) is 0.820. The van der Waals surface area contributed by atoms with E-state index in [0.29, 0.717) is 0 Å². The van der Waals surface area contributed by atoms with E-state index in [9.17, 15) is 0 Å². The van der Waals surface area contributed by atoms with Crippen LogP contribution in [0.5, 0.6) is 5.75 Å². The second kappa shape index (κ2) is 4.29. The molecular formula is C14H11N3OS. The fourth-order valence-corrected chi connectivity index (χ4v) is 2.89. The molecule has 1 aromatic heterocycles. The molecule has 0 atom stereocenters. The van der Waals surface area contributed by atoms with Crippen LogP contribution in [0.4, 0.5) is 0 Å². The van der Waals surface area contributed by atoms with E-state index in [1.165, 1.54) is 17.8 Å². The van der Waals surface area contributed by atoms with Gasteiger partial charge in [0, 0.05) is 23.1 Å². The van der Waals surface area contributed by atoms with E-state index >= 15 is 0 Å². The average Bonchev–Trinajstić information content (AvgIpc) is 2.94. The number of rotatable bonds is 1. The van der Waals surface area contributed by atoms with Crippen LogP contribution in [0.15, 0.2) is 42.6 Å². The molecule has 0 saturated heterocycles. The molecule has 0 saturated carbocycles. The number of para-hydroxylation sites is 1. The Bertz CT molecular complexity index is 753. The van der Waals surface area contributed by atoms with Crippen molar-refractivity contribution < 1.29 is 4.18 Å². The first kappa shape index (κ1) is 10.9. The molecule has 4 nitrogen and oxygen atoms in total.